The Morgan fingerprint density at radius 2 is 0.655 bits per heavy atom. The molecule has 2 unspecified atom stereocenters. The van der Waals surface area contributed by atoms with E-state index in [0.29, 0.717) is 46.3 Å². The topological polar surface area (TPSA) is 336 Å². The van der Waals surface area contributed by atoms with Crippen LogP contribution in [0.15, 0.2) is 240 Å². The number of benzene rings is 9. The van der Waals surface area contributed by atoms with E-state index in [1.54, 1.807) is 79.7 Å². The van der Waals surface area contributed by atoms with Crippen molar-refractivity contribution in [2.45, 2.75) is 109 Å². The third-order valence-corrected chi connectivity index (χ3v) is 27.6. The average Bonchev–Trinajstić information content (AvgIpc) is 1.54. The van der Waals surface area contributed by atoms with Crippen LogP contribution in [-0.2, 0) is 91.9 Å². The molecule has 15 rings (SSSR count). The van der Waals surface area contributed by atoms with Gasteiger partial charge in [-0.2, -0.15) is 87.0 Å². The molecule has 39 heteroatoms. The Morgan fingerprint density at radius 1 is 0.388 bits per heavy atom. The minimum Gasteiger partial charge on any atom is -0.772 e. The van der Waals surface area contributed by atoms with E-state index < -0.39 is 139 Å². The van der Waals surface area contributed by atoms with E-state index in [1.807, 2.05) is 62.4 Å². The van der Waals surface area contributed by atoms with Gasteiger partial charge in [0.2, 0.25) is 0 Å². The molecule has 0 radical (unpaired) electrons. The van der Waals surface area contributed by atoms with Gasteiger partial charge in [-0.3, -0.25) is 8.42 Å². The average molecular weight is 1970 g/mol. The fourth-order valence-corrected chi connectivity index (χ4v) is 21.8. The molecule has 6 aliphatic carbocycles. The molecule has 0 N–H and O–H groups in total. The molecule has 9 aromatic rings. The highest BCUT2D eigenvalue weighted by Crippen LogP contribution is 2.47. The third-order valence-electron chi connectivity index (χ3n) is 23.0. The Bertz CT molecular complexity index is 8360. The number of ether oxygens (including phenoxy) is 2. The highest BCUT2D eigenvalue weighted by atomic mass is 32.2. The predicted octanol–water partition coefficient (Wildman–Crippen LogP) is 16.6. The third kappa shape index (κ3) is 20.0. The summed E-state index contributed by atoms with van der Waals surface area (Å²) >= 11 is -6.00. The van der Waals surface area contributed by atoms with Gasteiger partial charge in [-0.25, -0.2) is 16.8 Å². The van der Waals surface area contributed by atoms with Gasteiger partial charge < -0.3 is 18.6 Å². The van der Waals surface area contributed by atoms with Gasteiger partial charge in [-0.05, 0) is 249 Å². The lowest BCUT2D eigenvalue weighted by Crippen LogP contribution is -2.36. The van der Waals surface area contributed by atoms with Crippen LogP contribution in [0.5, 0.6) is 11.5 Å². The van der Waals surface area contributed by atoms with E-state index in [2.05, 4.69) is 38.5 Å². The molecule has 0 fully saturated rings. The quantitative estimate of drug-likeness (QED) is 0.0302. The summed E-state index contributed by atoms with van der Waals surface area (Å²) < 4.78 is 273. The number of hydrogen-bond donors (Lipinski definition) is 0. The molecule has 22 nitrogen and oxygen atoms in total. The van der Waals surface area contributed by atoms with Gasteiger partial charge in [0.15, 0.2) is 9.84 Å². The maximum absolute atomic E-state index is 14.7. The Morgan fingerprint density at radius 3 is 0.950 bits per heavy atom. The van der Waals surface area contributed by atoms with Crippen molar-refractivity contribution >= 4 is 87.0 Å². The van der Waals surface area contributed by atoms with E-state index in [0.717, 1.165) is 86.5 Å². The molecule has 0 bridgehead atoms. The fraction of sp³-hybridized carbons (Fsp3) is 0.160. The maximum atomic E-state index is 14.7. The number of thioether (sulfide) groups is 1. The number of halogens is 12. The number of hydrogen-bond acceptors (Lipinski definition) is 17. The number of alkyl halides is 12. The number of nitriles is 6. The Hall–Kier alpha value is -16.3. The van der Waals surface area contributed by atoms with E-state index in [4.69, 9.17) is 39.4 Å². The monoisotopic (exact) mass is 1970 g/mol. The molecule has 0 saturated heterocycles. The summed E-state index contributed by atoms with van der Waals surface area (Å²) in [7, 11) is -10.6. The van der Waals surface area contributed by atoms with Crippen molar-refractivity contribution in [1.82, 2.24) is 0 Å². The molecular weight excluding hydrogens is 1920 g/mol. The van der Waals surface area contributed by atoms with Gasteiger partial charge in [-0.1, -0.05) is 148 Å². The minimum absolute atomic E-state index is 0.00530. The smallest absolute Gasteiger partial charge is 0.573 e. The standard InChI is InChI=1S/C34H18F6N4O5S2.C34H21F3N4O5S2.C32H17F3N4S/c1-17-4-6-18(7-5-17)28-25(32(43-2)44-3)13-23-26(16-50(45)46)29-24(31(30(23)28)51(47,48)34(38,39)40)12-22(20(14-41)15-42)27(29)19-8-10-21(11-9-19)49-33(35,36)37;1-18-5-7-19(8-6-18)29-26(33(40-2)41-3)14-24-27(17-47(42)43)30-25(32(31(24)29)48(4,44)45)13-23(21(15-38)16-39)28(30)20-9-11-22(12-10-20)46-34(35,36)37;1-18-4-6-19(7-5-18)30-26-12-21-14-27(23(16-36)17-37)29(20-8-10-24(11-9-20)40-32(33,34)35)25(21)13-22(26)15-28(30)31(38-2)39-3/h4-11H,12-13,16H2,1H3,(H,45,46);5-12H,13-14,17H2,1,4H3,(H,42,43);4-13H,14-15H2,1H3/p-2. The van der Waals surface area contributed by atoms with E-state index in [1.165, 1.54) is 36.4 Å². The van der Waals surface area contributed by atoms with Crippen molar-refractivity contribution in [1.29, 1.82) is 31.6 Å². The van der Waals surface area contributed by atoms with Gasteiger partial charge in [0.05, 0.1) is 26.5 Å². The highest BCUT2D eigenvalue weighted by molar-refractivity contribution is 8.00. The molecular formula is C100H54F12N12O10S5-2. The number of fused-ring (bicyclic) bond motifs is 6. The fourth-order valence-electron chi connectivity index (χ4n) is 17.7. The number of aryl methyl sites for hydroxylation is 3. The second-order valence-electron chi connectivity index (χ2n) is 31.2. The molecule has 0 aliphatic heterocycles. The predicted molar refractivity (Wildman–Crippen MR) is 480 cm³/mol. The molecule has 690 valence electrons. The molecule has 0 saturated carbocycles. The summed E-state index contributed by atoms with van der Waals surface area (Å²) in [5.41, 5.74) is -3.48. The molecule has 0 aromatic heterocycles. The molecule has 139 heavy (non-hydrogen) atoms. The van der Waals surface area contributed by atoms with Gasteiger partial charge in [0, 0.05) is 52.4 Å². The van der Waals surface area contributed by atoms with Crippen LogP contribution in [0.4, 0.5) is 52.7 Å². The molecule has 9 aromatic carbocycles. The Kier molecular flexibility index (Phi) is 28.3. The summed E-state index contributed by atoms with van der Waals surface area (Å²) in [5.74, 6) is -3.84. The van der Waals surface area contributed by atoms with Crippen LogP contribution in [0.1, 0.15) is 94.6 Å². The number of allylic oxidation sites excluding steroid dienone is 9. The zero-order valence-corrected chi connectivity index (χ0v) is 75.8. The molecule has 2 atom stereocenters. The molecule has 0 heterocycles. The first-order valence-corrected chi connectivity index (χ1v) is 46.7. The van der Waals surface area contributed by atoms with Crippen molar-refractivity contribution in [2.75, 3.05) is 6.26 Å². The normalized spacial score (nSPS) is 14.2. The maximum Gasteiger partial charge on any atom is 0.573 e. The van der Waals surface area contributed by atoms with E-state index in [-0.39, 0.29) is 151 Å². The molecule has 0 spiro atoms. The lowest BCUT2D eigenvalue weighted by Gasteiger charge is -2.18. The summed E-state index contributed by atoms with van der Waals surface area (Å²) in [4.78, 5) is 18.6. The van der Waals surface area contributed by atoms with Crippen molar-refractivity contribution in [3.8, 4) is 47.9 Å². The summed E-state index contributed by atoms with van der Waals surface area (Å²) in [6, 6.07) is 49.5. The summed E-state index contributed by atoms with van der Waals surface area (Å²) in [6.07, 6.45) is -10.4. The number of sulfone groups is 2. The van der Waals surface area contributed by atoms with Crippen LogP contribution < -0.4 is 40.8 Å². The summed E-state index contributed by atoms with van der Waals surface area (Å²) in [5, 5.41) is 59.8. The van der Waals surface area contributed by atoms with Crippen LogP contribution >= 0.6 is 11.8 Å². The van der Waals surface area contributed by atoms with Crippen molar-refractivity contribution < 1.29 is 96.5 Å². The first-order valence-electron chi connectivity index (χ1n) is 40.0. The second-order valence-corrected chi connectivity index (χ2v) is 38.0. The van der Waals surface area contributed by atoms with Crippen molar-refractivity contribution in [3.05, 3.63) is 420 Å². The lowest BCUT2D eigenvalue weighted by atomic mass is 9.94. The second kappa shape index (κ2) is 39.2. The van der Waals surface area contributed by atoms with E-state index >= 15 is 0 Å². The Labute approximate surface area is 793 Å². The van der Waals surface area contributed by atoms with Crippen LogP contribution in [-0.4, -0.2) is 64.4 Å². The minimum atomic E-state index is -6.38. The molecule has 0 amide bonds. The van der Waals surface area contributed by atoms with Crippen molar-refractivity contribution in [3.63, 3.8) is 0 Å². The van der Waals surface area contributed by atoms with Gasteiger partial charge in [0.25, 0.3) is 9.84 Å². The largest absolute Gasteiger partial charge is 0.772 e. The zero-order valence-electron chi connectivity index (χ0n) is 71.7. The van der Waals surface area contributed by atoms with Gasteiger partial charge in [0.1, 0.15) is 104 Å². The highest BCUT2D eigenvalue weighted by Gasteiger charge is 2.52. The first kappa shape index (κ1) is 100. The van der Waals surface area contributed by atoms with E-state index in [9.17, 15) is 119 Å². The molecule has 6 aliphatic rings. The van der Waals surface area contributed by atoms with Gasteiger partial charge in [-0.15, -0.1) is 26.3 Å². The van der Waals surface area contributed by atoms with Crippen LogP contribution in [0.25, 0.3) is 62.5 Å². The SMILES string of the molecule is [C-]#[N+]C([N+]#[C-])=C1Cc2c(CS(=O)[O-])c3c(c(S(=O)(=O)C(F)(F)F)c2=C1c1ccc(C)cc1)CC(=C(C#N)C#N)C=3c1ccc(OC(F)(F)F)cc1.[C-]#[N+]C([N+]#[C-])=C1Cc2c(CS(=O)[O-])c3c(c(S(C)(=O)=O)c2=C1c1ccc(C)cc1)CC(=C(C#N)C#N)C=3c1ccc(OC(F)(F)F)cc1.[C-]#[N+]C([N+]#[C-])=C1Cc2cc3c(cc2=C1c1ccc(C)cc1)CC(=C(C#N)C#N)C=3c1ccc(SC(F)(F)F)cc1. The van der Waals surface area contributed by atoms with Crippen LogP contribution in [0.2, 0.25) is 0 Å². The number of rotatable bonds is 15. The zero-order chi connectivity index (χ0) is 101. The van der Waals surface area contributed by atoms with Crippen molar-refractivity contribution in [2.24, 2.45) is 0 Å². The first-order chi connectivity index (χ1) is 65.7. The number of nitrogens with zero attached hydrogens (tertiary/aromatic N) is 12. The van der Waals surface area contributed by atoms with Gasteiger partial charge >= 0.3 is 41.2 Å². The summed E-state index contributed by atoms with van der Waals surface area (Å²) in [6.45, 7) is 51.3. The van der Waals surface area contributed by atoms with Crippen LogP contribution in [0.3, 0.4) is 0 Å². The van der Waals surface area contributed by atoms with Crippen LogP contribution in [0, 0.1) is 128 Å². The Balaban J connectivity index is 0.000000177. The lowest BCUT2D eigenvalue weighted by molar-refractivity contribution is -0.275.